The van der Waals surface area contributed by atoms with Gasteiger partial charge in [0.1, 0.15) is 0 Å². The molecule has 0 bridgehead atoms. The van der Waals surface area contributed by atoms with Crippen LogP contribution >= 0.6 is 11.8 Å². The highest BCUT2D eigenvalue weighted by atomic mass is 32.2. The second-order valence-electron chi connectivity index (χ2n) is 7.68. The third-order valence-corrected chi connectivity index (χ3v) is 6.34. The van der Waals surface area contributed by atoms with Crippen LogP contribution in [0.1, 0.15) is 44.1 Å². The van der Waals surface area contributed by atoms with E-state index in [2.05, 4.69) is 10.1 Å². The van der Waals surface area contributed by atoms with Gasteiger partial charge in [0.2, 0.25) is 5.91 Å². The molecule has 1 saturated carbocycles. The van der Waals surface area contributed by atoms with Crippen LogP contribution in [0.5, 0.6) is 11.5 Å². The number of nitrogens with zero attached hydrogens (tertiary/aromatic N) is 1. The average Bonchev–Trinajstić information content (AvgIpc) is 3.02. The minimum Gasteiger partial charge on any atom is -0.493 e. The second-order valence-corrected chi connectivity index (χ2v) is 8.67. The van der Waals surface area contributed by atoms with E-state index in [1.54, 1.807) is 0 Å². The van der Waals surface area contributed by atoms with Gasteiger partial charge < -0.3 is 14.8 Å². The summed E-state index contributed by atoms with van der Waals surface area (Å²) in [5.41, 5.74) is 0.495. The molecular formula is C22H26F2N2O5S. The summed E-state index contributed by atoms with van der Waals surface area (Å²) in [4.78, 5) is 38.3. The van der Waals surface area contributed by atoms with Crippen molar-refractivity contribution in [2.75, 3.05) is 20.2 Å². The summed E-state index contributed by atoms with van der Waals surface area (Å²) < 4.78 is 34.4. The summed E-state index contributed by atoms with van der Waals surface area (Å²) >= 11 is 0.786. The predicted octanol–water partition coefficient (Wildman–Crippen LogP) is 4.42. The maximum atomic E-state index is 12.6. The number of thioether (sulfide) groups is 1. The Kier molecular flexibility index (Phi) is 8.49. The Labute approximate surface area is 189 Å². The number of alkyl halides is 2. The van der Waals surface area contributed by atoms with Gasteiger partial charge in [-0.05, 0) is 54.3 Å². The normalized spacial score (nSPS) is 18.5. The first-order chi connectivity index (χ1) is 15.4. The number of hydrogen-bond acceptors (Lipinski definition) is 6. The molecule has 10 heteroatoms. The Hall–Kier alpha value is -2.62. The molecule has 3 amide bonds. The summed E-state index contributed by atoms with van der Waals surface area (Å²) in [7, 11) is 1.31. The molecule has 1 heterocycles. The van der Waals surface area contributed by atoms with Crippen LogP contribution in [0.3, 0.4) is 0 Å². The highest BCUT2D eigenvalue weighted by molar-refractivity contribution is 8.18. The number of benzene rings is 1. The van der Waals surface area contributed by atoms with Crippen molar-refractivity contribution in [3.63, 3.8) is 0 Å². The van der Waals surface area contributed by atoms with Gasteiger partial charge in [0, 0.05) is 19.5 Å². The van der Waals surface area contributed by atoms with Crippen molar-refractivity contribution in [3.05, 3.63) is 28.7 Å². The van der Waals surface area contributed by atoms with Gasteiger partial charge in [0.15, 0.2) is 11.5 Å². The molecule has 1 saturated heterocycles. The molecule has 1 aromatic carbocycles. The fraction of sp³-hybridized carbons (Fsp3) is 0.500. The molecule has 1 N–H and O–H groups in total. The number of nitrogens with one attached hydrogen (secondary N) is 1. The lowest BCUT2D eigenvalue weighted by Crippen LogP contribution is -2.37. The fourth-order valence-electron chi connectivity index (χ4n) is 3.84. The molecule has 7 nitrogen and oxygen atoms in total. The van der Waals surface area contributed by atoms with Crippen LogP contribution in [0, 0.1) is 5.92 Å². The first-order valence-electron chi connectivity index (χ1n) is 10.5. The lowest BCUT2D eigenvalue weighted by molar-refractivity contribution is -0.124. The number of ether oxygens (including phenoxy) is 2. The molecule has 1 aliphatic carbocycles. The fourth-order valence-corrected chi connectivity index (χ4v) is 4.71. The third-order valence-electron chi connectivity index (χ3n) is 5.43. The highest BCUT2D eigenvalue weighted by Crippen LogP contribution is 2.35. The van der Waals surface area contributed by atoms with Crippen LogP contribution in [-0.4, -0.2) is 48.8 Å². The topological polar surface area (TPSA) is 84.9 Å². The zero-order valence-electron chi connectivity index (χ0n) is 17.8. The van der Waals surface area contributed by atoms with E-state index in [0.29, 0.717) is 17.9 Å². The molecule has 2 fully saturated rings. The summed E-state index contributed by atoms with van der Waals surface area (Å²) in [6, 6.07) is 4.24. The van der Waals surface area contributed by atoms with Crippen molar-refractivity contribution in [1.29, 1.82) is 0 Å². The van der Waals surface area contributed by atoms with Crippen molar-refractivity contribution >= 4 is 34.9 Å². The summed E-state index contributed by atoms with van der Waals surface area (Å²) in [6.45, 7) is -2.71. The number of carbonyl (C=O) groups is 3. The number of carbonyl (C=O) groups excluding carboxylic acids is 3. The first-order valence-corrected chi connectivity index (χ1v) is 11.3. The van der Waals surface area contributed by atoms with Crippen LogP contribution in [0.4, 0.5) is 13.6 Å². The molecule has 1 aliphatic heterocycles. The van der Waals surface area contributed by atoms with Gasteiger partial charge in [-0.25, -0.2) is 0 Å². The van der Waals surface area contributed by atoms with Crippen LogP contribution in [-0.2, 0) is 9.59 Å². The van der Waals surface area contributed by atoms with Crippen LogP contribution < -0.4 is 14.8 Å². The Morgan fingerprint density at radius 2 is 2.00 bits per heavy atom. The molecular weight excluding hydrogens is 442 g/mol. The number of methoxy groups -OCH3 is 1. The van der Waals surface area contributed by atoms with Crippen LogP contribution in [0.2, 0.25) is 0 Å². The van der Waals surface area contributed by atoms with Gasteiger partial charge in [0.25, 0.3) is 11.1 Å². The molecule has 0 aromatic heterocycles. The molecule has 174 valence electrons. The molecule has 0 spiro atoms. The van der Waals surface area contributed by atoms with Gasteiger partial charge >= 0.3 is 6.61 Å². The Bertz CT molecular complexity index is 887. The number of hydrogen-bond donors (Lipinski definition) is 1. The molecule has 0 unspecified atom stereocenters. The zero-order valence-corrected chi connectivity index (χ0v) is 18.6. The van der Waals surface area contributed by atoms with E-state index in [0.717, 1.165) is 42.3 Å². The van der Waals surface area contributed by atoms with E-state index in [9.17, 15) is 23.2 Å². The largest absolute Gasteiger partial charge is 0.493 e. The maximum absolute atomic E-state index is 12.6. The van der Waals surface area contributed by atoms with Crippen molar-refractivity contribution in [2.45, 2.75) is 45.1 Å². The highest BCUT2D eigenvalue weighted by Gasteiger charge is 2.34. The Morgan fingerprint density at radius 1 is 1.25 bits per heavy atom. The average molecular weight is 469 g/mol. The van der Waals surface area contributed by atoms with Crippen molar-refractivity contribution in [1.82, 2.24) is 10.2 Å². The zero-order chi connectivity index (χ0) is 23.1. The molecule has 1 aromatic rings. The van der Waals surface area contributed by atoms with E-state index in [1.807, 2.05) is 0 Å². The van der Waals surface area contributed by atoms with Crippen molar-refractivity contribution < 1.29 is 32.6 Å². The minimum atomic E-state index is -2.99. The van der Waals surface area contributed by atoms with Crippen molar-refractivity contribution in [3.8, 4) is 11.5 Å². The van der Waals surface area contributed by atoms with Crippen LogP contribution in [0.25, 0.3) is 6.08 Å². The lowest BCUT2D eigenvalue weighted by atomic mass is 9.87. The number of amides is 3. The van der Waals surface area contributed by atoms with Crippen molar-refractivity contribution in [2.24, 2.45) is 5.92 Å². The van der Waals surface area contributed by atoms with Gasteiger partial charge in [-0.3, -0.25) is 19.3 Å². The number of imide groups is 1. The second kappa shape index (κ2) is 11.3. The third kappa shape index (κ3) is 6.44. The molecule has 2 aliphatic rings. The minimum absolute atomic E-state index is 0.0578. The summed E-state index contributed by atoms with van der Waals surface area (Å²) in [5.74, 6) is -0.153. The van der Waals surface area contributed by atoms with E-state index in [-0.39, 0.29) is 35.4 Å². The van der Waals surface area contributed by atoms with Gasteiger partial charge in [-0.1, -0.05) is 25.3 Å². The number of halogens is 2. The summed E-state index contributed by atoms with van der Waals surface area (Å²) in [5, 5.41) is 2.37. The number of rotatable bonds is 9. The Balaban J connectivity index is 1.55. The standard InChI is InChI=1S/C22H26F2N2O5S/c1-30-17-11-15(7-8-16(17)31-21(23)24)12-18-20(28)26(22(29)32-18)10-9-25-19(27)13-14-5-3-2-4-6-14/h7-8,11-12,14,21H,2-6,9-10,13H2,1H3,(H,25,27)/b18-12-. The summed E-state index contributed by atoms with van der Waals surface area (Å²) in [6.07, 6.45) is 7.66. The SMILES string of the molecule is COc1cc(/C=C2\SC(=O)N(CCNC(=O)CC3CCCCC3)C2=O)ccc1OC(F)F. The predicted molar refractivity (Wildman–Crippen MR) is 117 cm³/mol. The first kappa shape index (κ1) is 24.0. The van der Waals surface area contributed by atoms with Gasteiger partial charge in [0.05, 0.1) is 12.0 Å². The monoisotopic (exact) mass is 468 g/mol. The smallest absolute Gasteiger partial charge is 0.387 e. The van der Waals surface area contributed by atoms with Crippen LogP contribution in [0.15, 0.2) is 23.1 Å². The molecule has 3 rings (SSSR count). The molecule has 32 heavy (non-hydrogen) atoms. The van der Waals surface area contributed by atoms with E-state index >= 15 is 0 Å². The van der Waals surface area contributed by atoms with Gasteiger partial charge in [-0.2, -0.15) is 8.78 Å². The molecule has 0 radical (unpaired) electrons. The van der Waals surface area contributed by atoms with E-state index in [4.69, 9.17) is 4.74 Å². The Morgan fingerprint density at radius 3 is 2.69 bits per heavy atom. The lowest BCUT2D eigenvalue weighted by Gasteiger charge is -2.21. The van der Waals surface area contributed by atoms with E-state index < -0.39 is 17.8 Å². The van der Waals surface area contributed by atoms with Gasteiger partial charge in [-0.15, -0.1) is 0 Å². The quantitative estimate of drug-likeness (QED) is 0.540. The van der Waals surface area contributed by atoms with E-state index in [1.165, 1.54) is 37.8 Å². The maximum Gasteiger partial charge on any atom is 0.387 e. The molecule has 0 atom stereocenters.